The van der Waals surface area contributed by atoms with Crippen molar-refractivity contribution >= 4 is 11.5 Å². The Morgan fingerprint density at radius 1 is 1.17 bits per heavy atom. The van der Waals surface area contributed by atoms with Gasteiger partial charge in [0.15, 0.2) is 11.5 Å². The highest BCUT2D eigenvalue weighted by molar-refractivity contribution is 5.52. The van der Waals surface area contributed by atoms with E-state index >= 15 is 0 Å². The molecule has 0 aromatic carbocycles. The van der Waals surface area contributed by atoms with Crippen LogP contribution in [0.4, 0.5) is 5.82 Å². The van der Waals surface area contributed by atoms with E-state index < -0.39 is 0 Å². The number of hydrogen-bond acceptors (Lipinski definition) is 7. The third kappa shape index (κ3) is 2.16. The number of anilines is 1. The maximum Gasteiger partial charge on any atom is 0.231 e. The second-order valence-electron chi connectivity index (χ2n) is 6.42. The monoisotopic (exact) mass is 311 g/mol. The van der Waals surface area contributed by atoms with Gasteiger partial charge in [-0.3, -0.25) is 4.40 Å². The number of nitrogens with zero attached hydrogens (tertiary/aromatic N) is 7. The molecule has 4 heterocycles. The standard InChI is InChI=1S/C15H17N7O/c1-9-17-12(6-13-19-16-8-22(9)13)21-5-4-11(7-21)15-18-14(20-23-15)10-2-3-10/h6,8,10-11H,2-5,7H2,1H3. The summed E-state index contributed by atoms with van der Waals surface area (Å²) in [5, 5.41) is 12.2. The van der Waals surface area contributed by atoms with Crippen molar-refractivity contribution in [3.8, 4) is 0 Å². The zero-order valence-corrected chi connectivity index (χ0v) is 12.9. The van der Waals surface area contributed by atoms with Crippen LogP contribution in [0.1, 0.15) is 48.6 Å². The van der Waals surface area contributed by atoms with E-state index in [1.807, 2.05) is 17.4 Å². The lowest BCUT2D eigenvalue weighted by molar-refractivity contribution is 0.355. The summed E-state index contributed by atoms with van der Waals surface area (Å²) in [6, 6.07) is 1.98. The van der Waals surface area contributed by atoms with Crippen molar-refractivity contribution in [3.05, 3.63) is 29.9 Å². The number of rotatable bonds is 3. The molecule has 0 spiro atoms. The third-order valence-corrected chi connectivity index (χ3v) is 4.72. The highest BCUT2D eigenvalue weighted by Gasteiger charge is 2.33. The molecule has 2 fully saturated rings. The van der Waals surface area contributed by atoms with Gasteiger partial charge in [0, 0.05) is 25.1 Å². The summed E-state index contributed by atoms with van der Waals surface area (Å²) in [6.07, 6.45) is 5.08. The Hall–Kier alpha value is -2.51. The predicted octanol–water partition coefficient (Wildman–Crippen LogP) is 1.69. The van der Waals surface area contributed by atoms with Gasteiger partial charge in [-0.1, -0.05) is 5.16 Å². The average Bonchev–Trinajstić information content (AvgIpc) is 3.00. The highest BCUT2D eigenvalue weighted by atomic mass is 16.5. The molecule has 0 N–H and O–H groups in total. The summed E-state index contributed by atoms with van der Waals surface area (Å²) in [6.45, 7) is 3.75. The van der Waals surface area contributed by atoms with E-state index in [1.165, 1.54) is 12.8 Å². The van der Waals surface area contributed by atoms with E-state index in [2.05, 4.69) is 30.2 Å². The van der Waals surface area contributed by atoms with Gasteiger partial charge < -0.3 is 9.42 Å². The van der Waals surface area contributed by atoms with Gasteiger partial charge in [0.25, 0.3) is 0 Å². The van der Waals surface area contributed by atoms with Crippen LogP contribution in [0.25, 0.3) is 5.65 Å². The fourth-order valence-electron chi connectivity index (χ4n) is 3.21. The normalized spacial score (nSPS) is 21.4. The zero-order chi connectivity index (χ0) is 15.4. The second kappa shape index (κ2) is 4.74. The second-order valence-corrected chi connectivity index (χ2v) is 6.42. The van der Waals surface area contributed by atoms with Crippen LogP contribution in [-0.4, -0.2) is 42.8 Å². The van der Waals surface area contributed by atoms with Crippen LogP contribution in [0.15, 0.2) is 16.9 Å². The Labute approximate surface area is 132 Å². The summed E-state index contributed by atoms with van der Waals surface area (Å²) < 4.78 is 7.37. The minimum absolute atomic E-state index is 0.284. The van der Waals surface area contributed by atoms with Crippen molar-refractivity contribution in [1.82, 2.24) is 29.7 Å². The summed E-state index contributed by atoms with van der Waals surface area (Å²) >= 11 is 0. The molecule has 118 valence electrons. The highest BCUT2D eigenvalue weighted by Crippen LogP contribution is 2.39. The molecule has 3 aromatic heterocycles. The molecule has 1 atom stereocenters. The van der Waals surface area contributed by atoms with E-state index in [-0.39, 0.29) is 5.92 Å². The summed E-state index contributed by atoms with van der Waals surface area (Å²) in [7, 11) is 0. The fraction of sp³-hybridized carbons (Fsp3) is 0.533. The van der Waals surface area contributed by atoms with Crippen LogP contribution >= 0.6 is 0 Å². The van der Waals surface area contributed by atoms with E-state index in [4.69, 9.17) is 4.52 Å². The first-order valence-corrected chi connectivity index (χ1v) is 8.04. The zero-order valence-electron chi connectivity index (χ0n) is 12.9. The van der Waals surface area contributed by atoms with E-state index in [9.17, 15) is 0 Å². The van der Waals surface area contributed by atoms with Crippen LogP contribution in [-0.2, 0) is 0 Å². The van der Waals surface area contributed by atoms with Crippen LogP contribution in [0.5, 0.6) is 0 Å². The minimum Gasteiger partial charge on any atom is -0.356 e. The first-order valence-electron chi connectivity index (χ1n) is 8.04. The Morgan fingerprint density at radius 2 is 2.09 bits per heavy atom. The molecule has 1 saturated heterocycles. The Bertz CT molecular complexity index is 866. The van der Waals surface area contributed by atoms with Crippen molar-refractivity contribution in [3.63, 3.8) is 0 Å². The smallest absolute Gasteiger partial charge is 0.231 e. The largest absolute Gasteiger partial charge is 0.356 e. The van der Waals surface area contributed by atoms with Gasteiger partial charge in [0.1, 0.15) is 18.0 Å². The topological polar surface area (TPSA) is 85.2 Å². The molecule has 1 saturated carbocycles. The van der Waals surface area contributed by atoms with E-state index in [1.54, 1.807) is 6.33 Å². The predicted molar refractivity (Wildman–Crippen MR) is 81.4 cm³/mol. The van der Waals surface area contributed by atoms with Gasteiger partial charge in [-0.05, 0) is 26.2 Å². The van der Waals surface area contributed by atoms with E-state index in [0.717, 1.165) is 48.5 Å². The minimum atomic E-state index is 0.284. The molecule has 1 unspecified atom stereocenters. The maximum atomic E-state index is 5.48. The van der Waals surface area contributed by atoms with Gasteiger partial charge in [0.2, 0.25) is 5.89 Å². The molecule has 1 aliphatic heterocycles. The Kier molecular flexibility index (Phi) is 2.67. The van der Waals surface area contributed by atoms with Gasteiger partial charge in [-0.2, -0.15) is 4.98 Å². The molecule has 0 radical (unpaired) electrons. The Balaban J connectivity index is 1.39. The van der Waals surface area contributed by atoms with Crippen molar-refractivity contribution in [2.75, 3.05) is 18.0 Å². The van der Waals surface area contributed by atoms with Crippen LogP contribution < -0.4 is 4.90 Å². The lowest BCUT2D eigenvalue weighted by Gasteiger charge is -2.17. The third-order valence-electron chi connectivity index (χ3n) is 4.72. The number of aromatic nitrogens is 6. The van der Waals surface area contributed by atoms with Crippen LogP contribution in [0.2, 0.25) is 0 Å². The molecular weight excluding hydrogens is 294 g/mol. The first kappa shape index (κ1) is 13.0. The summed E-state index contributed by atoms with van der Waals surface area (Å²) in [5.41, 5.74) is 0.824. The van der Waals surface area contributed by atoms with E-state index in [0.29, 0.717) is 5.92 Å². The average molecular weight is 311 g/mol. The Morgan fingerprint density at radius 3 is 2.96 bits per heavy atom. The first-order chi connectivity index (χ1) is 11.3. The van der Waals surface area contributed by atoms with Crippen molar-refractivity contribution in [1.29, 1.82) is 0 Å². The molecule has 8 heteroatoms. The molecule has 8 nitrogen and oxygen atoms in total. The number of fused-ring (bicyclic) bond motifs is 1. The molecule has 2 aliphatic rings. The van der Waals surface area contributed by atoms with Gasteiger partial charge >= 0.3 is 0 Å². The molecule has 1 aliphatic carbocycles. The molecule has 23 heavy (non-hydrogen) atoms. The molecule has 0 bridgehead atoms. The number of aryl methyl sites for hydroxylation is 1. The summed E-state index contributed by atoms with van der Waals surface area (Å²) in [5.74, 6) is 4.30. The van der Waals surface area contributed by atoms with Crippen LogP contribution in [0, 0.1) is 6.92 Å². The maximum absolute atomic E-state index is 5.48. The molecule has 5 rings (SSSR count). The lowest BCUT2D eigenvalue weighted by atomic mass is 10.1. The SMILES string of the molecule is Cc1nc(N2CCC(c3nc(C4CC4)no3)C2)cc2nncn12. The fourth-order valence-corrected chi connectivity index (χ4v) is 3.21. The summed E-state index contributed by atoms with van der Waals surface area (Å²) in [4.78, 5) is 11.5. The van der Waals surface area contributed by atoms with Crippen molar-refractivity contribution in [2.45, 2.75) is 38.0 Å². The quantitative estimate of drug-likeness (QED) is 0.727. The molecular formula is C15H17N7O. The number of hydrogen-bond donors (Lipinski definition) is 0. The lowest BCUT2D eigenvalue weighted by Crippen LogP contribution is -2.21. The van der Waals surface area contributed by atoms with Gasteiger partial charge in [-0.25, -0.2) is 4.98 Å². The van der Waals surface area contributed by atoms with Crippen molar-refractivity contribution in [2.24, 2.45) is 0 Å². The molecule has 0 amide bonds. The van der Waals surface area contributed by atoms with Crippen LogP contribution in [0.3, 0.4) is 0 Å². The van der Waals surface area contributed by atoms with Crippen molar-refractivity contribution < 1.29 is 4.52 Å². The molecule has 3 aromatic rings. The van der Waals surface area contributed by atoms with Gasteiger partial charge in [0.05, 0.1) is 5.92 Å². The van der Waals surface area contributed by atoms with Gasteiger partial charge in [-0.15, -0.1) is 10.2 Å².